The second-order valence-corrected chi connectivity index (χ2v) is 5.52. The molecule has 17 heavy (non-hydrogen) atoms. The second-order valence-electron chi connectivity index (χ2n) is 4.66. The van der Waals surface area contributed by atoms with Crippen molar-refractivity contribution in [3.05, 3.63) is 28.0 Å². The number of benzene rings is 1. The van der Waals surface area contributed by atoms with E-state index in [1.807, 2.05) is 0 Å². The third-order valence-electron chi connectivity index (χ3n) is 3.76. The molecule has 0 atom stereocenters. The van der Waals surface area contributed by atoms with E-state index in [0.717, 1.165) is 25.7 Å². The molecule has 0 bridgehead atoms. The van der Waals surface area contributed by atoms with Crippen LogP contribution in [0.2, 0.25) is 0 Å². The minimum absolute atomic E-state index is 0.196. The van der Waals surface area contributed by atoms with Gasteiger partial charge in [-0.25, -0.2) is 4.39 Å². The molecule has 0 aliphatic heterocycles. The lowest BCUT2D eigenvalue weighted by Crippen LogP contribution is -2.33. The average molecular weight is 302 g/mol. The fourth-order valence-corrected chi connectivity index (χ4v) is 3.14. The molecule has 1 aliphatic rings. The molecule has 2 rings (SSSR count). The van der Waals surface area contributed by atoms with E-state index in [1.54, 1.807) is 19.2 Å². The van der Waals surface area contributed by atoms with Crippen LogP contribution in [0.3, 0.4) is 0 Å². The van der Waals surface area contributed by atoms with Crippen LogP contribution in [0.1, 0.15) is 31.2 Å². The van der Waals surface area contributed by atoms with Gasteiger partial charge in [0.15, 0.2) is 0 Å². The normalized spacial score (nSPS) is 18.4. The zero-order valence-electron chi connectivity index (χ0n) is 9.93. The van der Waals surface area contributed by atoms with Crippen molar-refractivity contribution in [3.63, 3.8) is 0 Å². The highest BCUT2D eigenvalue weighted by atomic mass is 79.9. The van der Waals surface area contributed by atoms with E-state index in [9.17, 15) is 4.39 Å². The highest BCUT2D eigenvalue weighted by Gasteiger charge is 2.37. The molecular formula is C13H17BrFNO. The quantitative estimate of drug-likeness (QED) is 0.929. The lowest BCUT2D eigenvalue weighted by molar-refractivity contribution is 0.397. The van der Waals surface area contributed by atoms with E-state index in [1.165, 1.54) is 0 Å². The summed E-state index contributed by atoms with van der Waals surface area (Å²) >= 11 is 3.24. The van der Waals surface area contributed by atoms with Gasteiger partial charge in [-0.05, 0) is 40.9 Å². The largest absolute Gasteiger partial charge is 0.497 e. The molecule has 0 radical (unpaired) electrons. The lowest BCUT2D eigenvalue weighted by Gasteiger charge is -2.29. The predicted molar refractivity (Wildman–Crippen MR) is 69.9 cm³/mol. The molecule has 94 valence electrons. The molecule has 0 heterocycles. The standard InChI is InChI=1S/C13H17BrFNO/c1-17-9-6-10(12(15)11(14)7-9)13(8-16)4-2-3-5-13/h6-7H,2-5,8,16H2,1H3. The molecule has 4 heteroatoms. The zero-order chi connectivity index (χ0) is 12.5. The summed E-state index contributed by atoms with van der Waals surface area (Å²) in [6.07, 6.45) is 4.15. The van der Waals surface area contributed by atoms with Gasteiger partial charge in [0.2, 0.25) is 0 Å². The van der Waals surface area contributed by atoms with Crippen LogP contribution in [0, 0.1) is 5.82 Å². The van der Waals surface area contributed by atoms with Crippen molar-refractivity contribution < 1.29 is 9.13 Å². The first-order valence-electron chi connectivity index (χ1n) is 5.86. The SMILES string of the molecule is COc1cc(Br)c(F)c(C2(CN)CCCC2)c1. The fraction of sp³-hybridized carbons (Fsp3) is 0.538. The van der Waals surface area contributed by atoms with Crippen LogP contribution in [0.5, 0.6) is 5.75 Å². The van der Waals surface area contributed by atoms with Gasteiger partial charge < -0.3 is 10.5 Å². The van der Waals surface area contributed by atoms with Gasteiger partial charge in [-0.15, -0.1) is 0 Å². The molecule has 0 saturated heterocycles. The Morgan fingerprint density at radius 2 is 2.06 bits per heavy atom. The second kappa shape index (κ2) is 4.94. The summed E-state index contributed by atoms with van der Waals surface area (Å²) in [7, 11) is 1.59. The molecule has 0 spiro atoms. The summed E-state index contributed by atoms with van der Waals surface area (Å²) in [5.74, 6) is 0.478. The molecule has 1 aromatic carbocycles. The van der Waals surface area contributed by atoms with Crippen LogP contribution in [0.15, 0.2) is 16.6 Å². The molecule has 0 amide bonds. The van der Waals surface area contributed by atoms with Gasteiger partial charge in [0, 0.05) is 17.5 Å². The third-order valence-corrected chi connectivity index (χ3v) is 4.34. The van der Waals surface area contributed by atoms with Gasteiger partial charge >= 0.3 is 0 Å². The molecule has 0 unspecified atom stereocenters. The Kier molecular flexibility index (Phi) is 3.73. The third kappa shape index (κ3) is 2.20. The van der Waals surface area contributed by atoms with Gasteiger partial charge in [-0.1, -0.05) is 12.8 Å². The van der Waals surface area contributed by atoms with E-state index in [0.29, 0.717) is 22.3 Å². The first-order chi connectivity index (χ1) is 8.13. The summed E-state index contributed by atoms with van der Waals surface area (Å²) in [6, 6.07) is 3.44. The number of halogens is 2. The predicted octanol–water partition coefficient (Wildman–Crippen LogP) is 3.37. The van der Waals surface area contributed by atoms with E-state index < -0.39 is 0 Å². The Bertz CT molecular complexity index is 416. The smallest absolute Gasteiger partial charge is 0.141 e. The highest BCUT2D eigenvalue weighted by molar-refractivity contribution is 9.10. The summed E-state index contributed by atoms with van der Waals surface area (Å²) in [4.78, 5) is 0. The lowest BCUT2D eigenvalue weighted by atomic mass is 9.78. The van der Waals surface area contributed by atoms with Crippen molar-refractivity contribution in [2.75, 3.05) is 13.7 Å². The van der Waals surface area contributed by atoms with Crippen LogP contribution in [-0.2, 0) is 5.41 Å². The molecule has 1 aromatic rings. The Labute approximate surface area is 109 Å². The minimum Gasteiger partial charge on any atom is -0.497 e. The maximum Gasteiger partial charge on any atom is 0.141 e. The molecule has 2 N–H and O–H groups in total. The number of ether oxygens (including phenoxy) is 1. The van der Waals surface area contributed by atoms with Crippen molar-refractivity contribution in [1.82, 2.24) is 0 Å². The maximum absolute atomic E-state index is 14.2. The molecule has 2 nitrogen and oxygen atoms in total. The monoisotopic (exact) mass is 301 g/mol. The van der Waals surface area contributed by atoms with Crippen molar-refractivity contribution >= 4 is 15.9 Å². The van der Waals surface area contributed by atoms with Crippen LogP contribution in [0.25, 0.3) is 0 Å². The Morgan fingerprint density at radius 3 is 2.59 bits per heavy atom. The first-order valence-corrected chi connectivity index (χ1v) is 6.66. The Morgan fingerprint density at radius 1 is 1.41 bits per heavy atom. The van der Waals surface area contributed by atoms with Gasteiger partial charge in [-0.2, -0.15) is 0 Å². The summed E-state index contributed by atoms with van der Waals surface area (Å²) < 4.78 is 19.9. The van der Waals surface area contributed by atoms with Gasteiger partial charge in [0.25, 0.3) is 0 Å². The zero-order valence-corrected chi connectivity index (χ0v) is 11.5. The molecule has 1 aliphatic carbocycles. The van der Waals surface area contributed by atoms with Crippen LogP contribution < -0.4 is 10.5 Å². The Balaban J connectivity index is 2.52. The van der Waals surface area contributed by atoms with E-state index >= 15 is 0 Å². The van der Waals surface area contributed by atoms with E-state index in [-0.39, 0.29) is 11.2 Å². The minimum atomic E-state index is -0.207. The average Bonchev–Trinajstić information content (AvgIpc) is 2.82. The van der Waals surface area contributed by atoms with Crippen molar-refractivity contribution in [2.24, 2.45) is 5.73 Å². The number of hydrogen-bond acceptors (Lipinski definition) is 2. The van der Waals surface area contributed by atoms with Gasteiger partial charge in [0.1, 0.15) is 11.6 Å². The van der Waals surface area contributed by atoms with Gasteiger partial charge in [-0.3, -0.25) is 0 Å². The first kappa shape index (κ1) is 12.8. The molecule has 1 saturated carbocycles. The number of rotatable bonds is 3. The molecule has 0 aromatic heterocycles. The fourth-order valence-electron chi connectivity index (χ4n) is 2.70. The van der Waals surface area contributed by atoms with Crippen molar-refractivity contribution in [2.45, 2.75) is 31.1 Å². The van der Waals surface area contributed by atoms with E-state index in [2.05, 4.69) is 15.9 Å². The van der Waals surface area contributed by atoms with Crippen molar-refractivity contribution in [1.29, 1.82) is 0 Å². The summed E-state index contributed by atoms with van der Waals surface area (Å²) in [5.41, 5.74) is 6.38. The summed E-state index contributed by atoms with van der Waals surface area (Å²) in [5, 5.41) is 0. The number of nitrogens with two attached hydrogens (primary N) is 1. The molecular weight excluding hydrogens is 285 g/mol. The van der Waals surface area contributed by atoms with Crippen LogP contribution >= 0.6 is 15.9 Å². The number of methoxy groups -OCH3 is 1. The number of hydrogen-bond donors (Lipinski definition) is 1. The van der Waals surface area contributed by atoms with Crippen LogP contribution in [0.4, 0.5) is 4.39 Å². The summed E-state index contributed by atoms with van der Waals surface area (Å²) in [6.45, 7) is 0.490. The van der Waals surface area contributed by atoms with Gasteiger partial charge in [0.05, 0.1) is 11.6 Å². The van der Waals surface area contributed by atoms with E-state index in [4.69, 9.17) is 10.5 Å². The Hall–Kier alpha value is -0.610. The highest BCUT2D eigenvalue weighted by Crippen LogP contribution is 2.43. The van der Waals surface area contributed by atoms with Crippen LogP contribution in [-0.4, -0.2) is 13.7 Å². The molecule has 1 fully saturated rings. The van der Waals surface area contributed by atoms with Crippen molar-refractivity contribution in [3.8, 4) is 5.75 Å². The maximum atomic E-state index is 14.2. The topological polar surface area (TPSA) is 35.2 Å².